The van der Waals surface area contributed by atoms with Crippen LogP contribution in [0.3, 0.4) is 0 Å². The second-order valence-corrected chi connectivity index (χ2v) is 7.31. The molecule has 1 atom stereocenters. The van der Waals surface area contributed by atoms with Crippen molar-refractivity contribution in [3.63, 3.8) is 0 Å². The zero-order chi connectivity index (χ0) is 16.5. The minimum Gasteiger partial charge on any atom is -0.0654 e. The first-order chi connectivity index (χ1) is 10.7. The van der Waals surface area contributed by atoms with Crippen LogP contribution in [0.4, 0.5) is 0 Å². The fourth-order valence-corrected chi connectivity index (χ4v) is 3.48. The van der Waals surface area contributed by atoms with Gasteiger partial charge in [-0.15, -0.1) is 0 Å². The van der Waals surface area contributed by atoms with E-state index in [4.69, 9.17) is 0 Å². The van der Waals surface area contributed by atoms with Gasteiger partial charge in [-0.25, -0.2) is 0 Å². The molecular formula is C19H36NNaO. The van der Waals surface area contributed by atoms with Crippen LogP contribution in [-0.4, -0.2) is 39.9 Å². The van der Waals surface area contributed by atoms with E-state index >= 15 is 0 Å². The van der Waals surface area contributed by atoms with Crippen LogP contribution < -0.4 is 5.32 Å². The Balaban J connectivity index is 3.28. The Hall–Kier alpha value is 0.210. The quantitative estimate of drug-likeness (QED) is 0.232. The second kappa shape index (κ2) is 17.6. The Bertz CT molecular complexity index is 268. The average Bonchev–Trinajstić information content (AvgIpc) is 2.54. The fraction of sp³-hybridized carbons (Fsp3) is 0.842. The van der Waals surface area contributed by atoms with E-state index < -0.39 is 0 Å². The van der Waals surface area contributed by atoms with Gasteiger partial charge in [0.1, 0.15) is 0 Å². The fourth-order valence-electron chi connectivity index (χ4n) is 2.87. The average molecular weight is 317 g/mol. The molecule has 124 valence electrons. The normalized spacial score (nSPS) is 12.1. The molecule has 3 heteroatoms. The first-order valence-electron chi connectivity index (χ1n) is 9.67. The van der Waals surface area contributed by atoms with E-state index in [-0.39, 0.29) is 5.91 Å². The summed E-state index contributed by atoms with van der Waals surface area (Å²) < 4.78 is 1.15. The molecule has 1 amide bonds. The van der Waals surface area contributed by atoms with Crippen LogP contribution in [0.15, 0.2) is 12.7 Å². The zero-order valence-corrected chi connectivity index (χ0v) is 17.2. The molecule has 0 aromatic rings. The van der Waals surface area contributed by atoms with Gasteiger partial charge in [0.15, 0.2) is 0 Å². The monoisotopic (exact) mass is 317 g/mol. The van der Waals surface area contributed by atoms with Gasteiger partial charge in [0.25, 0.3) is 0 Å². The Morgan fingerprint density at radius 1 is 0.955 bits per heavy atom. The Morgan fingerprint density at radius 3 is 1.82 bits per heavy atom. The number of amides is 1. The van der Waals surface area contributed by atoms with Crippen LogP contribution in [0, 0.1) is 0 Å². The third-order valence-electron chi connectivity index (χ3n) is 4.43. The topological polar surface area (TPSA) is 29.1 Å². The predicted molar refractivity (Wildman–Crippen MR) is 98.4 cm³/mol. The van der Waals surface area contributed by atoms with E-state index in [9.17, 15) is 4.79 Å². The molecule has 0 aromatic heterocycles. The number of nitrogens with one attached hydrogen (secondary N) is 1. The van der Waals surface area contributed by atoms with Crippen LogP contribution in [0.25, 0.3) is 0 Å². The van der Waals surface area contributed by atoms with Crippen molar-refractivity contribution < 1.29 is 4.79 Å². The summed E-state index contributed by atoms with van der Waals surface area (Å²) in [6.07, 6.45) is 19.2. The van der Waals surface area contributed by atoms with Crippen molar-refractivity contribution in [3.8, 4) is 0 Å². The Morgan fingerprint density at radius 2 is 1.41 bits per heavy atom. The van der Waals surface area contributed by atoms with Crippen LogP contribution >= 0.6 is 0 Å². The summed E-state index contributed by atoms with van der Waals surface area (Å²) >= 11 is 1.15. The van der Waals surface area contributed by atoms with E-state index in [0.717, 1.165) is 38.0 Å². The number of carbonyl (C=O) groups is 1. The summed E-state index contributed by atoms with van der Waals surface area (Å²) in [6.45, 7) is 5.79. The first kappa shape index (κ1) is 22.2. The molecule has 0 heterocycles. The van der Waals surface area contributed by atoms with Gasteiger partial charge in [0.2, 0.25) is 0 Å². The molecule has 0 fully saturated rings. The van der Waals surface area contributed by atoms with Crippen LogP contribution in [0.1, 0.15) is 90.4 Å². The Labute approximate surface area is 156 Å². The van der Waals surface area contributed by atoms with E-state index in [1.165, 1.54) is 83.1 Å². The molecule has 0 aliphatic rings. The third kappa shape index (κ3) is 15.1. The molecule has 0 radical (unpaired) electrons. The molecule has 22 heavy (non-hydrogen) atoms. The standard InChI is InChI=1S/C19H36NO.Na/c1-4-6-7-8-9-10-11-12-13-14-15-16-17-18(3)20-19(21)5-2;/h5,18H,2-4,6-17H2,1H3,(H,20,21);. The van der Waals surface area contributed by atoms with Gasteiger partial charge in [-0.1, -0.05) is 26.2 Å². The van der Waals surface area contributed by atoms with E-state index in [1.54, 1.807) is 0 Å². The molecule has 2 nitrogen and oxygen atoms in total. The predicted octanol–water partition coefficient (Wildman–Crippen LogP) is 5.34. The Kier molecular flexibility index (Phi) is 17.7. The van der Waals surface area contributed by atoms with Gasteiger partial charge in [0, 0.05) is 0 Å². The van der Waals surface area contributed by atoms with Gasteiger partial charge < -0.3 is 0 Å². The molecule has 1 unspecified atom stereocenters. The van der Waals surface area contributed by atoms with Crippen molar-refractivity contribution in [2.24, 2.45) is 0 Å². The summed E-state index contributed by atoms with van der Waals surface area (Å²) in [5.41, 5.74) is 0. The smallest absolute Gasteiger partial charge is 0.0654 e. The zero-order valence-electron chi connectivity index (χ0n) is 15.2. The van der Waals surface area contributed by atoms with Gasteiger partial charge in [-0.2, -0.15) is 0 Å². The summed E-state index contributed by atoms with van der Waals surface area (Å²) in [5, 5.41) is 3.03. The van der Waals surface area contributed by atoms with Crippen LogP contribution in [0.5, 0.6) is 0 Å². The second-order valence-electron chi connectivity index (χ2n) is 6.50. The molecular weight excluding hydrogens is 281 g/mol. The summed E-state index contributed by atoms with van der Waals surface area (Å²) in [7, 11) is 0. The van der Waals surface area contributed by atoms with Gasteiger partial charge >= 0.3 is 131 Å². The first-order valence-corrected chi connectivity index (χ1v) is 11.1. The molecule has 0 bridgehead atoms. The van der Waals surface area contributed by atoms with Crippen LogP contribution in [-0.2, 0) is 4.79 Å². The summed E-state index contributed by atoms with van der Waals surface area (Å²) in [6, 6.07) is 0.389. The SMILES string of the molecule is C=CC(=O)NC([CH2][Na])CCCCCCCCCCCCCC. The van der Waals surface area contributed by atoms with Crippen LogP contribution in [0.2, 0.25) is 3.67 Å². The van der Waals surface area contributed by atoms with Crippen molar-refractivity contribution in [2.45, 2.75) is 100 Å². The number of carbonyl (C=O) groups excluding carboxylic acids is 1. The number of hydrogen-bond donors (Lipinski definition) is 1. The molecule has 0 aliphatic heterocycles. The number of hydrogen-bond acceptors (Lipinski definition) is 1. The molecule has 0 saturated heterocycles. The van der Waals surface area contributed by atoms with Crippen molar-refractivity contribution >= 4 is 33.8 Å². The van der Waals surface area contributed by atoms with E-state index in [1.807, 2.05) is 0 Å². The van der Waals surface area contributed by atoms with E-state index in [2.05, 4.69) is 18.8 Å². The number of rotatable bonds is 16. The third-order valence-corrected chi connectivity index (χ3v) is 5.42. The van der Waals surface area contributed by atoms with Gasteiger partial charge in [-0.05, 0) is 0 Å². The minimum absolute atomic E-state index is 0.0141. The maximum absolute atomic E-state index is 11.3. The van der Waals surface area contributed by atoms with Gasteiger partial charge in [-0.3, -0.25) is 0 Å². The maximum atomic E-state index is 11.3. The number of unbranched alkanes of at least 4 members (excludes halogenated alkanes) is 11. The molecule has 0 rings (SSSR count). The molecule has 0 aromatic carbocycles. The molecule has 1 N–H and O–H groups in total. The molecule has 0 saturated carbocycles. The molecule has 0 aliphatic carbocycles. The van der Waals surface area contributed by atoms with Crippen molar-refractivity contribution in [2.75, 3.05) is 0 Å². The van der Waals surface area contributed by atoms with E-state index in [0.29, 0.717) is 6.04 Å². The minimum atomic E-state index is -0.0141. The van der Waals surface area contributed by atoms with Crippen molar-refractivity contribution in [1.29, 1.82) is 0 Å². The molecule has 0 spiro atoms. The van der Waals surface area contributed by atoms with Crippen molar-refractivity contribution in [3.05, 3.63) is 12.7 Å². The van der Waals surface area contributed by atoms with Gasteiger partial charge in [0.05, 0.1) is 0 Å². The summed E-state index contributed by atoms with van der Waals surface area (Å²) in [5.74, 6) is -0.0141. The van der Waals surface area contributed by atoms with Crippen molar-refractivity contribution in [1.82, 2.24) is 5.32 Å². The summed E-state index contributed by atoms with van der Waals surface area (Å²) in [4.78, 5) is 11.3.